The number of aromatic nitrogens is 1. The Hall–Kier alpha value is -2.61. The summed E-state index contributed by atoms with van der Waals surface area (Å²) in [7, 11) is 1.64. The van der Waals surface area contributed by atoms with Crippen LogP contribution in [0.3, 0.4) is 0 Å². The molecule has 1 atom stereocenters. The molecule has 2 fully saturated rings. The first-order valence-electron chi connectivity index (χ1n) is 10.8. The standard InChI is InChI=1S/C23H29N3O4S/c1-14-15(2)31-23(24-14)25-21(27)13-26-12-17(11-22(26)28)16-8-9-19(29-3)20(10-16)30-18-6-4-5-7-18/h8-10,17-18H,4-7,11-13H2,1-3H3,(H,24,25,27). The second kappa shape index (κ2) is 9.26. The van der Waals surface area contributed by atoms with E-state index in [9.17, 15) is 9.59 Å². The van der Waals surface area contributed by atoms with Crippen molar-refractivity contribution in [2.75, 3.05) is 25.5 Å². The van der Waals surface area contributed by atoms with E-state index in [0.29, 0.717) is 23.8 Å². The number of carbonyl (C=O) groups excluding carboxylic acids is 2. The van der Waals surface area contributed by atoms with Gasteiger partial charge in [-0.2, -0.15) is 0 Å². The quantitative estimate of drug-likeness (QED) is 0.698. The fourth-order valence-electron chi connectivity index (χ4n) is 4.23. The molecule has 1 aromatic heterocycles. The third-order valence-corrected chi connectivity index (χ3v) is 7.07. The molecule has 0 radical (unpaired) electrons. The second-order valence-corrected chi connectivity index (χ2v) is 9.52. The van der Waals surface area contributed by atoms with Gasteiger partial charge in [-0.05, 0) is 57.2 Å². The predicted molar refractivity (Wildman–Crippen MR) is 120 cm³/mol. The van der Waals surface area contributed by atoms with Crippen molar-refractivity contribution in [3.63, 3.8) is 0 Å². The number of ether oxygens (including phenoxy) is 2. The number of nitrogens with zero attached hydrogens (tertiary/aromatic N) is 2. The summed E-state index contributed by atoms with van der Waals surface area (Å²) < 4.78 is 11.7. The van der Waals surface area contributed by atoms with Crippen LogP contribution in [0, 0.1) is 13.8 Å². The maximum absolute atomic E-state index is 12.6. The predicted octanol–water partition coefficient (Wildman–Crippen LogP) is 4.04. The van der Waals surface area contributed by atoms with Crippen LogP contribution in [-0.4, -0.2) is 48.0 Å². The van der Waals surface area contributed by atoms with Crippen molar-refractivity contribution in [2.24, 2.45) is 0 Å². The molecule has 1 unspecified atom stereocenters. The molecule has 0 spiro atoms. The van der Waals surface area contributed by atoms with Crippen LogP contribution in [0.1, 0.15) is 54.2 Å². The minimum Gasteiger partial charge on any atom is -0.493 e. The Morgan fingerprint density at radius 1 is 1.26 bits per heavy atom. The number of rotatable bonds is 7. The number of hydrogen-bond donors (Lipinski definition) is 1. The van der Waals surface area contributed by atoms with Gasteiger partial charge in [0.15, 0.2) is 16.6 Å². The Labute approximate surface area is 186 Å². The molecule has 31 heavy (non-hydrogen) atoms. The van der Waals surface area contributed by atoms with Gasteiger partial charge in [0.2, 0.25) is 11.8 Å². The first kappa shape index (κ1) is 21.6. The lowest BCUT2D eigenvalue weighted by atomic mass is 9.98. The summed E-state index contributed by atoms with van der Waals surface area (Å²) in [5, 5.41) is 3.38. The van der Waals surface area contributed by atoms with Gasteiger partial charge in [0.05, 0.1) is 25.5 Å². The van der Waals surface area contributed by atoms with Crippen LogP contribution in [-0.2, 0) is 9.59 Å². The average molecular weight is 444 g/mol. The molecule has 1 aliphatic heterocycles. The highest BCUT2D eigenvalue weighted by molar-refractivity contribution is 7.15. The summed E-state index contributed by atoms with van der Waals surface area (Å²) in [6, 6.07) is 5.90. The number of nitrogens with one attached hydrogen (secondary N) is 1. The molecule has 0 bridgehead atoms. The van der Waals surface area contributed by atoms with E-state index in [0.717, 1.165) is 34.7 Å². The zero-order valence-electron chi connectivity index (χ0n) is 18.3. The Morgan fingerprint density at radius 2 is 2.03 bits per heavy atom. The van der Waals surface area contributed by atoms with Gasteiger partial charge in [-0.25, -0.2) is 4.98 Å². The molecule has 1 saturated carbocycles. The number of thiazole rings is 1. The van der Waals surface area contributed by atoms with E-state index in [2.05, 4.69) is 10.3 Å². The highest BCUT2D eigenvalue weighted by Crippen LogP contribution is 2.37. The normalized spacial score (nSPS) is 19.1. The van der Waals surface area contributed by atoms with Gasteiger partial charge >= 0.3 is 0 Å². The topological polar surface area (TPSA) is 80.8 Å². The van der Waals surface area contributed by atoms with E-state index in [1.54, 1.807) is 12.0 Å². The molecule has 2 amide bonds. The van der Waals surface area contributed by atoms with E-state index in [-0.39, 0.29) is 30.4 Å². The lowest BCUT2D eigenvalue weighted by Crippen LogP contribution is -2.34. The number of likely N-dealkylation sites (tertiary alicyclic amines) is 1. The first-order chi connectivity index (χ1) is 14.9. The van der Waals surface area contributed by atoms with Crippen molar-refractivity contribution in [3.05, 3.63) is 34.3 Å². The fraction of sp³-hybridized carbons (Fsp3) is 0.522. The lowest BCUT2D eigenvalue weighted by Gasteiger charge is -2.19. The summed E-state index contributed by atoms with van der Waals surface area (Å²) >= 11 is 1.44. The molecule has 1 saturated heterocycles. The smallest absolute Gasteiger partial charge is 0.245 e. The van der Waals surface area contributed by atoms with Crippen LogP contribution >= 0.6 is 11.3 Å². The van der Waals surface area contributed by atoms with E-state index < -0.39 is 0 Å². The van der Waals surface area contributed by atoms with Crippen molar-refractivity contribution in [1.82, 2.24) is 9.88 Å². The minimum atomic E-state index is -0.220. The number of anilines is 1. The third kappa shape index (κ3) is 5.01. The summed E-state index contributed by atoms with van der Waals surface area (Å²) in [5.74, 6) is 1.25. The van der Waals surface area contributed by atoms with Crippen LogP contribution in [0.4, 0.5) is 5.13 Å². The zero-order chi connectivity index (χ0) is 22.0. The number of methoxy groups -OCH3 is 1. The number of benzene rings is 1. The van der Waals surface area contributed by atoms with Crippen LogP contribution in [0.15, 0.2) is 18.2 Å². The molecule has 7 nitrogen and oxygen atoms in total. The molecular formula is C23H29N3O4S. The SMILES string of the molecule is COc1ccc(C2CC(=O)N(CC(=O)Nc3nc(C)c(C)s3)C2)cc1OC1CCCC1. The van der Waals surface area contributed by atoms with Gasteiger partial charge in [0.25, 0.3) is 0 Å². The van der Waals surface area contributed by atoms with Gasteiger partial charge in [0.1, 0.15) is 0 Å². The van der Waals surface area contributed by atoms with E-state index in [1.807, 2.05) is 32.0 Å². The average Bonchev–Trinajstić information content (AvgIpc) is 3.44. The van der Waals surface area contributed by atoms with Crippen LogP contribution in [0.5, 0.6) is 11.5 Å². The zero-order valence-corrected chi connectivity index (χ0v) is 19.1. The largest absolute Gasteiger partial charge is 0.493 e. The summed E-state index contributed by atoms with van der Waals surface area (Å²) in [6.07, 6.45) is 5.14. The van der Waals surface area contributed by atoms with Crippen LogP contribution < -0.4 is 14.8 Å². The van der Waals surface area contributed by atoms with Crippen molar-refractivity contribution in [2.45, 2.75) is 58.0 Å². The number of amides is 2. The van der Waals surface area contributed by atoms with Crippen molar-refractivity contribution < 1.29 is 19.1 Å². The fourth-order valence-corrected chi connectivity index (χ4v) is 5.06. The lowest BCUT2D eigenvalue weighted by molar-refractivity contribution is -0.131. The third-order valence-electron chi connectivity index (χ3n) is 6.08. The molecule has 1 N–H and O–H groups in total. The van der Waals surface area contributed by atoms with E-state index in [4.69, 9.17) is 9.47 Å². The molecular weight excluding hydrogens is 414 g/mol. The Bertz CT molecular complexity index is 948. The summed E-state index contributed by atoms with van der Waals surface area (Å²) in [5.41, 5.74) is 1.95. The highest BCUT2D eigenvalue weighted by Gasteiger charge is 2.32. The number of aryl methyl sites for hydroxylation is 2. The van der Waals surface area contributed by atoms with Crippen molar-refractivity contribution >= 4 is 28.3 Å². The van der Waals surface area contributed by atoms with Crippen molar-refractivity contribution in [3.8, 4) is 11.5 Å². The molecule has 1 aliphatic carbocycles. The Morgan fingerprint density at radius 3 is 2.71 bits per heavy atom. The second-order valence-electron chi connectivity index (χ2n) is 8.32. The van der Waals surface area contributed by atoms with Gasteiger partial charge in [-0.3, -0.25) is 9.59 Å². The minimum absolute atomic E-state index is 0.0132. The molecule has 2 aliphatic rings. The molecule has 1 aromatic carbocycles. The van der Waals surface area contributed by atoms with Gasteiger partial charge in [-0.1, -0.05) is 6.07 Å². The van der Waals surface area contributed by atoms with Gasteiger partial charge < -0.3 is 19.7 Å². The van der Waals surface area contributed by atoms with Crippen LogP contribution in [0.2, 0.25) is 0 Å². The summed E-state index contributed by atoms with van der Waals surface area (Å²) in [4.78, 5) is 32.0. The number of carbonyl (C=O) groups is 2. The Kier molecular flexibility index (Phi) is 6.46. The maximum atomic E-state index is 12.6. The highest BCUT2D eigenvalue weighted by atomic mass is 32.1. The number of hydrogen-bond acceptors (Lipinski definition) is 6. The van der Waals surface area contributed by atoms with Gasteiger partial charge in [-0.15, -0.1) is 11.3 Å². The van der Waals surface area contributed by atoms with Crippen LogP contribution in [0.25, 0.3) is 0 Å². The van der Waals surface area contributed by atoms with Crippen molar-refractivity contribution in [1.29, 1.82) is 0 Å². The molecule has 2 aromatic rings. The molecule has 4 rings (SSSR count). The van der Waals surface area contributed by atoms with E-state index >= 15 is 0 Å². The molecule has 166 valence electrons. The van der Waals surface area contributed by atoms with Gasteiger partial charge in [0, 0.05) is 23.8 Å². The monoisotopic (exact) mass is 443 g/mol. The summed E-state index contributed by atoms with van der Waals surface area (Å²) in [6.45, 7) is 4.43. The Balaban J connectivity index is 1.40. The molecule has 2 heterocycles. The molecule has 8 heteroatoms. The maximum Gasteiger partial charge on any atom is 0.245 e. The first-order valence-corrected chi connectivity index (χ1v) is 11.6. The van der Waals surface area contributed by atoms with E-state index in [1.165, 1.54) is 24.2 Å².